The van der Waals surface area contributed by atoms with Crippen LogP contribution in [0.5, 0.6) is 0 Å². The van der Waals surface area contributed by atoms with Crippen molar-refractivity contribution in [3.8, 4) is 0 Å². The normalized spacial score (nSPS) is 11.2. The number of aromatic nitrogens is 4. The third kappa shape index (κ3) is 3.94. The largest absolute Gasteiger partial charge is 0.312 e. The molecule has 0 bridgehead atoms. The average Bonchev–Trinajstić information content (AvgIpc) is 2.78. The molecule has 0 aliphatic carbocycles. The zero-order chi connectivity index (χ0) is 14.5. The summed E-state index contributed by atoms with van der Waals surface area (Å²) in [5.41, 5.74) is 1.09. The number of aryl methyl sites for hydroxylation is 1. The molecule has 0 saturated heterocycles. The van der Waals surface area contributed by atoms with Crippen molar-refractivity contribution in [2.75, 3.05) is 6.54 Å². The standard InChI is InChI=1S/C13H18ClN5S/c1-9(2)7-15-8-10-11(14)5-4-6-12(10)20-13-16-17-18-19(13)3/h4-6,9,15H,7-8H2,1-3H3. The zero-order valence-electron chi connectivity index (χ0n) is 11.8. The van der Waals surface area contributed by atoms with Crippen molar-refractivity contribution >= 4 is 23.4 Å². The average molecular weight is 312 g/mol. The van der Waals surface area contributed by atoms with Gasteiger partial charge in [-0.3, -0.25) is 0 Å². The fourth-order valence-electron chi connectivity index (χ4n) is 1.70. The molecule has 5 nitrogen and oxygen atoms in total. The highest BCUT2D eigenvalue weighted by Crippen LogP contribution is 2.32. The van der Waals surface area contributed by atoms with Gasteiger partial charge in [-0.1, -0.05) is 31.5 Å². The second-order valence-corrected chi connectivity index (χ2v) is 6.34. The Bertz CT molecular complexity index is 570. The van der Waals surface area contributed by atoms with E-state index in [0.717, 1.165) is 33.7 Å². The van der Waals surface area contributed by atoms with Crippen LogP contribution in [0.25, 0.3) is 0 Å². The number of hydrogen-bond acceptors (Lipinski definition) is 5. The number of benzene rings is 1. The molecule has 2 aromatic rings. The second kappa shape index (κ2) is 7.06. The number of nitrogens with zero attached hydrogens (tertiary/aromatic N) is 4. The Morgan fingerprint density at radius 2 is 2.20 bits per heavy atom. The molecule has 0 aliphatic rings. The van der Waals surface area contributed by atoms with Gasteiger partial charge in [-0.05, 0) is 52.3 Å². The molecule has 1 aromatic carbocycles. The Morgan fingerprint density at radius 1 is 1.40 bits per heavy atom. The molecule has 20 heavy (non-hydrogen) atoms. The topological polar surface area (TPSA) is 55.6 Å². The van der Waals surface area contributed by atoms with E-state index in [1.807, 2.05) is 25.2 Å². The van der Waals surface area contributed by atoms with Crippen LogP contribution in [0.3, 0.4) is 0 Å². The van der Waals surface area contributed by atoms with Crippen LogP contribution < -0.4 is 5.32 Å². The molecule has 108 valence electrons. The van der Waals surface area contributed by atoms with Crippen LogP contribution in [0.1, 0.15) is 19.4 Å². The van der Waals surface area contributed by atoms with E-state index in [9.17, 15) is 0 Å². The molecule has 0 unspecified atom stereocenters. The molecule has 0 radical (unpaired) electrons. The number of tetrazole rings is 1. The summed E-state index contributed by atoms with van der Waals surface area (Å²) < 4.78 is 1.65. The molecule has 0 spiro atoms. The first-order valence-electron chi connectivity index (χ1n) is 6.46. The van der Waals surface area contributed by atoms with Gasteiger partial charge in [-0.2, -0.15) is 0 Å². The van der Waals surface area contributed by atoms with E-state index in [1.165, 1.54) is 11.8 Å². The highest BCUT2D eigenvalue weighted by molar-refractivity contribution is 7.99. The van der Waals surface area contributed by atoms with Gasteiger partial charge in [0.15, 0.2) is 0 Å². The monoisotopic (exact) mass is 311 g/mol. The minimum absolute atomic E-state index is 0.608. The first-order chi connectivity index (χ1) is 9.58. The van der Waals surface area contributed by atoms with Crippen LogP contribution in [-0.2, 0) is 13.6 Å². The Morgan fingerprint density at radius 3 is 2.85 bits per heavy atom. The van der Waals surface area contributed by atoms with Crippen molar-refractivity contribution in [2.45, 2.75) is 30.4 Å². The van der Waals surface area contributed by atoms with E-state index in [2.05, 4.69) is 34.7 Å². The van der Waals surface area contributed by atoms with Crippen LogP contribution >= 0.6 is 23.4 Å². The summed E-state index contributed by atoms with van der Waals surface area (Å²) in [6, 6.07) is 5.89. The SMILES string of the molecule is CC(C)CNCc1c(Cl)cccc1Sc1nnnn1C. The zero-order valence-corrected chi connectivity index (χ0v) is 13.4. The fourth-order valence-corrected chi connectivity index (χ4v) is 2.89. The van der Waals surface area contributed by atoms with Gasteiger partial charge < -0.3 is 5.32 Å². The summed E-state index contributed by atoms with van der Waals surface area (Å²) in [7, 11) is 1.82. The van der Waals surface area contributed by atoms with E-state index in [-0.39, 0.29) is 0 Å². The van der Waals surface area contributed by atoms with Crippen LogP contribution in [0.2, 0.25) is 5.02 Å². The first-order valence-corrected chi connectivity index (χ1v) is 7.65. The molecular formula is C13H18ClN5S. The minimum Gasteiger partial charge on any atom is -0.312 e. The van der Waals surface area contributed by atoms with Crippen LogP contribution in [0.15, 0.2) is 28.3 Å². The van der Waals surface area contributed by atoms with Crippen molar-refractivity contribution in [1.82, 2.24) is 25.5 Å². The number of halogens is 1. The van der Waals surface area contributed by atoms with Gasteiger partial charge in [0.25, 0.3) is 0 Å². The smallest absolute Gasteiger partial charge is 0.213 e. The summed E-state index contributed by atoms with van der Waals surface area (Å²) in [5.74, 6) is 0.608. The van der Waals surface area contributed by atoms with Crippen molar-refractivity contribution < 1.29 is 0 Å². The van der Waals surface area contributed by atoms with Gasteiger partial charge in [0.1, 0.15) is 0 Å². The molecule has 1 aromatic heterocycles. The lowest BCUT2D eigenvalue weighted by molar-refractivity contribution is 0.550. The van der Waals surface area contributed by atoms with Crippen molar-refractivity contribution in [3.05, 3.63) is 28.8 Å². The number of hydrogen-bond donors (Lipinski definition) is 1. The van der Waals surface area contributed by atoms with Crippen LogP contribution in [0.4, 0.5) is 0 Å². The Hall–Kier alpha value is -1.11. The van der Waals surface area contributed by atoms with E-state index < -0.39 is 0 Å². The van der Waals surface area contributed by atoms with Crippen LogP contribution in [-0.4, -0.2) is 26.8 Å². The maximum atomic E-state index is 6.31. The quantitative estimate of drug-likeness (QED) is 0.889. The Labute approximate surface area is 128 Å². The maximum Gasteiger partial charge on any atom is 0.213 e. The fraction of sp³-hybridized carbons (Fsp3) is 0.462. The summed E-state index contributed by atoms with van der Waals surface area (Å²) in [6.45, 7) is 6.06. The second-order valence-electron chi connectivity index (χ2n) is 4.93. The lowest BCUT2D eigenvalue weighted by Gasteiger charge is -2.12. The predicted molar refractivity (Wildman–Crippen MR) is 80.9 cm³/mol. The van der Waals surface area contributed by atoms with E-state index in [0.29, 0.717) is 5.92 Å². The predicted octanol–water partition coefficient (Wildman–Crippen LogP) is 2.76. The van der Waals surface area contributed by atoms with E-state index in [1.54, 1.807) is 4.68 Å². The Kier molecular flexibility index (Phi) is 5.39. The number of rotatable bonds is 6. The third-order valence-electron chi connectivity index (χ3n) is 2.71. The van der Waals surface area contributed by atoms with Gasteiger partial charge in [0.2, 0.25) is 5.16 Å². The lowest BCUT2D eigenvalue weighted by atomic mass is 10.2. The highest BCUT2D eigenvalue weighted by Gasteiger charge is 2.11. The van der Waals surface area contributed by atoms with Gasteiger partial charge >= 0.3 is 0 Å². The number of nitrogens with one attached hydrogen (secondary N) is 1. The molecule has 2 rings (SSSR count). The highest BCUT2D eigenvalue weighted by atomic mass is 35.5. The summed E-state index contributed by atoms with van der Waals surface area (Å²) >= 11 is 7.84. The molecule has 0 saturated carbocycles. The summed E-state index contributed by atoms with van der Waals surface area (Å²) in [6.07, 6.45) is 0. The van der Waals surface area contributed by atoms with Crippen molar-refractivity contribution in [3.63, 3.8) is 0 Å². The van der Waals surface area contributed by atoms with Gasteiger partial charge in [-0.15, -0.1) is 5.10 Å². The summed E-state index contributed by atoms with van der Waals surface area (Å²) in [5, 5.41) is 16.4. The maximum absolute atomic E-state index is 6.31. The minimum atomic E-state index is 0.608. The molecule has 0 fully saturated rings. The van der Waals surface area contributed by atoms with Crippen molar-refractivity contribution in [1.29, 1.82) is 0 Å². The lowest BCUT2D eigenvalue weighted by Crippen LogP contribution is -2.19. The van der Waals surface area contributed by atoms with Gasteiger partial charge in [-0.25, -0.2) is 4.68 Å². The van der Waals surface area contributed by atoms with Crippen LogP contribution in [0, 0.1) is 5.92 Å². The molecule has 1 N–H and O–H groups in total. The van der Waals surface area contributed by atoms with E-state index in [4.69, 9.17) is 11.6 Å². The third-order valence-corrected chi connectivity index (χ3v) is 4.20. The van der Waals surface area contributed by atoms with Crippen molar-refractivity contribution in [2.24, 2.45) is 13.0 Å². The molecule has 1 heterocycles. The molecule has 0 amide bonds. The molecule has 0 aliphatic heterocycles. The summed E-state index contributed by atoms with van der Waals surface area (Å²) in [4.78, 5) is 1.08. The Balaban J connectivity index is 2.15. The molecular weight excluding hydrogens is 294 g/mol. The van der Waals surface area contributed by atoms with Gasteiger partial charge in [0.05, 0.1) is 0 Å². The van der Waals surface area contributed by atoms with Gasteiger partial charge in [0, 0.05) is 23.5 Å². The molecule has 7 heteroatoms. The van der Waals surface area contributed by atoms with E-state index >= 15 is 0 Å². The first kappa shape index (κ1) is 15.3. The molecule has 0 atom stereocenters.